The van der Waals surface area contributed by atoms with Gasteiger partial charge in [0.05, 0.1) is 19.0 Å². The fourth-order valence-corrected chi connectivity index (χ4v) is 3.13. The van der Waals surface area contributed by atoms with E-state index in [4.69, 9.17) is 9.47 Å². The van der Waals surface area contributed by atoms with Gasteiger partial charge in [0.1, 0.15) is 5.82 Å². The third-order valence-corrected chi connectivity index (χ3v) is 4.91. The summed E-state index contributed by atoms with van der Waals surface area (Å²) in [6.07, 6.45) is 1.29. The smallest absolute Gasteiger partial charge is 0.329 e. The maximum atomic E-state index is 13.6. The average Bonchev–Trinajstić information content (AvgIpc) is 2.86. The zero-order chi connectivity index (χ0) is 26.1. The predicted molar refractivity (Wildman–Crippen MR) is 134 cm³/mol. The maximum absolute atomic E-state index is 13.6. The van der Waals surface area contributed by atoms with Gasteiger partial charge in [0, 0.05) is 5.69 Å². The number of halogens is 1. The number of nitrogens with zero attached hydrogens (tertiary/aromatic N) is 1. The molecular formula is C26H25FN4O5. The Balaban J connectivity index is 1.54. The van der Waals surface area contributed by atoms with Gasteiger partial charge in [-0.25, -0.2) is 9.82 Å². The van der Waals surface area contributed by atoms with E-state index in [0.29, 0.717) is 22.7 Å². The summed E-state index contributed by atoms with van der Waals surface area (Å²) in [4.78, 5) is 36.1. The van der Waals surface area contributed by atoms with Crippen LogP contribution in [0.2, 0.25) is 0 Å². The molecule has 0 atom stereocenters. The second-order valence-electron chi connectivity index (χ2n) is 7.70. The Hall–Kier alpha value is -4.73. The van der Waals surface area contributed by atoms with E-state index in [1.165, 1.54) is 31.5 Å². The molecule has 0 heterocycles. The van der Waals surface area contributed by atoms with Crippen LogP contribution in [0.4, 0.5) is 15.8 Å². The number of nitrogens with one attached hydrogen (secondary N) is 3. The second kappa shape index (κ2) is 12.1. The molecule has 0 fully saturated rings. The molecule has 0 aliphatic heterocycles. The van der Waals surface area contributed by atoms with Crippen LogP contribution in [0, 0.1) is 19.7 Å². The molecule has 3 aromatic rings. The lowest BCUT2D eigenvalue weighted by Crippen LogP contribution is -2.32. The minimum atomic E-state index is -1.07. The summed E-state index contributed by atoms with van der Waals surface area (Å²) in [5.74, 6) is -2.47. The molecule has 9 nitrogen and oxygen atoms in total. The highest BCUT2D eigenvalue weighted by Crippen LogP contribution is 2.27. The van der Waals surface area contributed by atoms with Gasteiger partial charge >= 0.3 is 11.8 Å². The van der Waals surface area contributed by atoms with Crippen LogP contribution in [-0.4, -0.2) is 37.7 Å². The maximum Gasteiger partial charge on any atom is 0.329 e. The van der Waals surface area contributed by atoms with Crippen molar-refractivity contribution in [3.63, 3.8) is 0 Å². The summed E-state index contributed by atoms with van der Waals surface area (Å²) < 4.78 is 24.5. The number of ether oxygens (including phenoxy) is 2. The lowest BCUT2D eigenvalue weighted by atomic mass is 10.1. The molecule has 0 spiro atoms. The number of rotatable bonds is 8. The minimum Gasteiger partial charge on any atom is -0.493 e. The van der Waals surface area contributed by atoms with E-state index in [1.807, 2.05) is 32.0 Å². The molecule has 3 amide bonds. The second-order valence-corrected chi connectivity index (χ2v) is 7.70. The van der Waals surface area contributed by atoms with Crippen LogP contribution >= 0.6 is 0 Å². The van der Waals surface area contributed by atoms with Gasteiger partial charge in [-0.3, -0.25) is 14.4 Å². The minimum absolute atomic E-state index is 0.121. The summed E-state index contributed by atoms with van der Waals surface area (Å²) >= 11 is 0. The highest BCUT2D eigenvalue weighted by molar-refractivity contribution is 6.39. The fraction of sp³-hybridized carbons (Fsp3) is 0.154. The molecule has 36 heavy (non-hydrogen) atoms. The Morgan fingerprint density at radius 3 is 2.42 bits per heavy atom. The zero-order valence-electron chi connectivity index (χ0n) is 19.9. The molecule has 0 saturated carbocycles. The lowest BCUT2D eigenvalue weighted by molar-refractivity contribution is -0.136. The van der Waals surface area contributed by atoms with Crippen molar-refractivity contribution < 1.29 is 28.2 Å². The normalized spacial score (nSPS) is 10.6. The first-order valence-electron chi connectivity index (χ1n) is 10.8. The number of aryl methyl sites for hydroxylation is 2. The Kier molecular flexibility index (Phi) is 8.71. The summed E-state index contributed by atoms with van der Waals surface area (Å²) in [7, 11) is 1.44. The number of hydrogen-bond acceptors (Lipinski definition) is 6. The molecule has 0 unspecified atom stereocenters. The third kappa shape index (κ3) is 7.13. The number of anilines is 2. The molecular weight excluding hydrogens is 467 g/mol. The highest BCUT2D eigenvalue weighted by Gasteiger charge is 2.15. The molecule has 186 valence electrons. The van der Waals surface area contributed by atoms with E-state index in [9.17, 15) is 18.8 Å². The zero-order valence-corrected chi connectivity index (χ0v) is 19.9. The molecule has 3 aromatic carbocycles. The lowest BCUT2D eigenvalue weighted by Gasteiger charge is -2.12. The van der Waals surface area contributed by atoms with Crippen LogP contribution in [0.5, 0.6) is 11.5 Å². The van der Waals surface area contributed by atoms with E-state index in [-0.39, 0.29) is 18.2 Å². The number of hydrogen-bond donors (Lipinski definition) is 3. The van der Waals surface area contributed by atoms with Gasteiger partial charge in [0.2, 0.25) is 0 Å². The summed E-state index contributed by atoms with van der Waals surface area (Å²) in [6, 6.07) is 15.9. The molecule has 0 saturated heterocycles. The van der Waals surface area contributed by atoms with Crippen LogP contribution in [0.3, 0.4) is 0 Å². The first kappa shape index (κ1) is 25.9. The number of benzene rings is 3. The Labute approximate surface area is 207 Å². The van der Waals surface area contributed by atoms with Gasteiger partial charge in [-0.2, -0.15) is 5.10 Å². The van der Waals surface area contributed by atoms with Crippen molar-refractivity contribution in [2.24, 2.45) is 5.10 Å². The Morgan fingerprint density at radius 2 is 1.69 bits per heavy atom. The number of carbonyl (C=O) groups excluding carboxylic acids is 3. The van der Waals surface area contributed by atoms with Crippen LogP contribution < -0.4 is 25.5 Å². The Bertz CT molecular complexity index is 1310. The fourth-order valence-electron chi connectivity index (χ4n) is 3.13. The topological polar surface area (TPSA) is 118 Å². The van der Waals surface area contributed by atoms with Gasteiger partial charge in [0.25, 0.3) is 5.91 Å². The third-order valence-electron chi connectivity index (χ3n) is 4.91. The number of methoxy groups -OCH3 is 1. The molecule has 3 rings (SSSR count). The van der Waals surface area contributed by atoms with Crippen LogP contribution in [-0.2, 0) is 14.4 Å². The van der Waals surface area contributed by atoms with Crippen molar-refractivity contribution in [3.05, 3.63) is 83.2 Å². The Morgan fingerprint density at radius 1 is 0.917 bits per heavy atom. The summed E-state index contributed by atoms with van der Waals surface area (Å²) in [6.45, 7) is 3.65. The molecule has 0 aromatic heterocycles. The molecule has 10 heteroatoms. The van der Waals surface area contributed by atoms with E-state index in [0.717, 1.165) is 17.2 Å². The number of amides is 3. The average molecular weight is 493 g/mol. The number of hydrazone groups is 1. The van der Waals surface area contributed by atoms with E-state index in [1.54, 1.807) is 18.2 Å². The van der Waals surface area contributed by atoms with Gasteiger partial charge in [0.15, 0.2) is 18.1 Å². The van der Waals surface area contributed by atoms with Crippen molar-refractivity contribution in [3.8, 4) is 11.5 Å². The summed E-state index contributed by atoms with van der Waals surface area (Å²) in [5.41, 5.74) is 5.22. The van der Waals surface area contributed by atoms with Gasteiger partial charge < -0.3 is 20.1 Å². The number of para-hydroxylation sites is 1. The van der Waals surface area contributed by atoms with Crippen molar-refractivity contribution in [2.45, 2.75) is 13.8 Å². The quantitative estimate of drug-likeness (QED) is 0.253. The number of carbonyl (C=O) groups is 3. The molecule has 0 bridgehead atoms. The van der Waals surface area contributed by atoms with Gasteiger partial charge in [-0.1, -0.05) is 29.8 Å². The van der Waals surface area contributed by atoms with Gasteiger partial charge in [-0.15, -0.1) is 0 Å². The first-order chi connectivity index (χ1) is 17.3. The molecule has 3 N–H and O–H groups in total. The molecule has 0 aliphatic carbocycles. The van der Waals surface area contributed by atoms with Gasteiger partial charge in [-0.05, 0) is 61.4 Å². The van der Waals surface area contributed by atoms with Crippen molar-refractivity contribution in [1.29, 1.82) is 0 Å². The summed E-state index contributed by atoms with van der Waals surface area (Å²) in [5, 5.41) is 8.69. The standard InChI is InChI=1S/C26H25FN4O5/c1-16-8-10-20(17(2)12-16)29-24(32)15-36-22-11-9-18(13-23(22)35-3)14-28-31-26(34)25(33)30-21-7-5-4-6-19(21)27/h4-14H,15H2,1-3H3,(H,29,32)(H,30,33)(H,31,34)/b28-14-. The van der Waals surface area contributed by atoms with Crippen LogP contribution in [0.25, 0.3) is 0 Å². The molecule has 0 aliphatic rings. The molecule has 0 radical (unpaired) electrons. The van der Waals surface area contributed by atoms with Crippen molar-refractivity contribution >= 4 is 35.3 Å². The van der Waals surface area contributed by atoms with Crippen LogP contribution in [0.15, 0.2) is 65.8 Å². The first-order valence-corrected chi connectivity index (χ1v) is 10.8. The van der Waals surface area contributed by atoms with E-state index < -0.39 is 17.6 Å². The highest BCUT2D eigenvalue weighted by atomic mass is 19.1. The SMILES string of the molecule is COc1cc(/C=N\NC(=O)C(=O)Nc2ccccc2F)ccc1OCC(=O)Nc1ccc(C)cc1C. The van der Waals surface area contributed by atoms with E-state index >= 15 is 0 Å². The van der Waals surface area contributed by atoms with Crippen molar-refractivity contribution in [2.75, 3.05) is 24.4 Å². The monoisotopic (exact) mass is 492 g/mol. The van der Waals surface area contributed by atoms with Crippen molar-refractivity contribution in [1.82, 2.24) is 5.43 Å². The largest absolute Gasteiger partial charge is 0.493 e. The van der Waals surface area contributed by atoms with Crippen LogP contribution in [0.1, 0.15) is 16.7 Å². The predicted octanol–water partition coefficient (Wildman–Crippen LogP) is 3.56. The van der Waals surface area contributed by atoms with E-state index in [2.05, 4.69) is 21.2 Å².